The van der Waals surface area contributed by atoms with Gasteiger partial charge < -0.3 is 11.1 Å². The Morgan fingerprint density at radius 3 is 2.76 bits per heavy atom. The predicted octanol–water partition coefficient (Wildman–Crippen LogP) is 0.558. The maximum absolute atomic E-state index is 12.7. The Morgan fingerprint density at radius 2 is 2.00 bits per heavy atom. The minimum Gasteiger partial charge on any atom is -0.398 e. The van der Waals surface area contributed by atoms with Crippen LogP contribution < -0.4 is 11.1 Å². The van der Waals surface area contributed by atoms with Crippen molar-refractivity contribution in [3.05, 3.63) is 24.3 Å². The summed E-state index contributed by atoms with van der Waals surface area (Å²) in [5.74, 6) is 0.260. The number of benzene rings is 1. The Labute approximate surface area is 124 Å². The number of nitrogens with zero attached hydrogens (tertiary/aromatic N) is 1. The normalized spacial score (nSPS) is 27.0. The SMILES string of the molecule is Nc1ccccc1S(=O)(=O)N1CCC2NC(=O)CCC2C1. The molecule has 6 nitrogen and oxygen atoms in total. The second kappa shape index (κ2) is 5.31. The number of fused-ring (bicyclic) bond motifs is 1. The van der Waals surface area contributed by atoms with E-state index in [1.807, 2.05) is 0 Å². The highest BCUT2D eigenvalue weighted by Crippen LogP contribution is 2.30. The highest BCUT2D eigenvalue weighted by molar-refractivity contribution is 7.89. The van der Waals surface area contributed by atoms with E-state index >= 15 is 0 Å². The van der Waals surface area contributed by atoms with Crippen LogP contribution in [0.3, 0.4) is 0 Å². The van der Waals surface area contributed by atoms with Gasteiger partial charge in [-0.15, -0.1) is 0 Å². The van der Waals surface area contributed by atoms with Crippen molar-refractivity contribution in [1.29, 1.82) is 0 Å². The standard InChI is InChI=1S/C14H19N3O3S/c15-11-3-1-2-4-13(11)21(19,20)17-8-7-12-10(9-17)5-6-14(18)16-12/h1-4,10,12H,5-9,15H2,(H,16,18). The molecule has 1 amide bonds. The van der Waals surface area contributed by atoms with Gasteiger partial charge in [-0.05, 0) is 30.9 Å². The zero-order valence-corrected chi connectivity index (χ0v) is 12.5. The van der Waals surface area contributed by atoms with Gasteiger partial charge in [0.25, 0.3) is 0 Å². The molecule has 2 atom stereocenters. The van der Waals surface area contributed by atoms with E-state index in [-0.39, 0.29) is 28.4 Å². The monoisotopic (exact) mass is 309 g/mol. The van der Waals surface area contributed by atoms with E-state index in [2.05, 4.69) is 5.32 Å². The summed E-state index contributed by atoms with van der Waals surface area (Å²) in [6, 6.07) is 6.64. The lowest BCUT2D eigenvalue weighted by Crippen LogP contribution is -2.55. The number of hydrogen-bond acceptors (Lipinski definition) is 4. The first-order chi connectivity index (χ1) is 9.98. The lowest BCUT2D eigenvalue weighted by molar-refractivity contribution is -0.124. The molecular formula is C14H19N3O3S. The van der Waals surface area contributed by atoms with Gasteiger partial charge in [-0.3, -0.25) is 4.79 Å². The molecule has 0 bridgehead atoms. The number of anilines is 1. The third-order valence-electron chi connectivity index (χ3n) is 4.32. The molecule has 114 valence electrons. The van der Waals surface area contributed by atoms with Crippen LogP contribution in [0.25, 0.3) is 0 Å². The third kappa shape index (κ3) is 2.63. The number of hydrogen-bond donors (Lipinski definition) is 2. The number of nitrogens with one attached hydrogen (secondary N) is 1. The van der Waals surface area contributed by atoms with Gasteiger partial charge in [0.2, 0.25) is 15.9 Å². The van der Waals surface area contributed by atoms with Gasteiger partial charge in [-0.25, -0.2) is 8.42 Å². The number of amides is 1. The Morgan fingerprint density at radius 1 is 1.24 bits per heavy atom. The van der Waals surface area contributed by atoms with E-state index in [0.717, 1.165) is 6.42 Å². The fourth-order valence-corrected chi connectivity index (χ4v) is 4.78. The van der Waals surface area contributed by atoms with Gasteiger partial charge in [0, 0.05) is 25.6 Å². The van der Waals surface area contributed by atoms with Crippen molar-refractivity contribution in [3.63, 3.8) is 0 Å². The average molecular weight is 309 g/mol. The Bertz CT molecular complexity index is 659. The van der Waals surface area contributed by atoms with Crippen molar-refractivity contribution in [2.45, 2.75) is 30.2 Å². The second-order valence-corrected chi connectivity index (χ2v) is 7.57. The summed E-state index contributed by atoms with van der Waals surface area (Å²) in [6.07, 6.45) is 1.87. The summed E-state index contributed by atoms with van der Waals surface area (Å²) in [5.41, 5.74) is 6.08. The summed E-state index contributed by atoms with van der Waals surface area (Å²) < 4.78 is 26.9. The number of sulfonamides is 1. The van der Waals surface area contributed by atoms with Crippen LogP contribution in [0.2, 0.25) is 0 Å². The van der Waals surface area contributed by atoms with Gasteiger partial charge >= 0.3 is 0 Å². The molecule has 2 aliphatic heterocycles. The van der Waals surface area contributed by atoms with Gasteiger partial charge in [0.15, 0.2) is 0 Å². The maximum Gasteiger partial charge on any atom is 0.245 e. The van der Waals surface area contributed by atoms with Crippen LogP contribution in [0.4, 0.5) is 5.69 Å². The molecular weight excluding hydrogens is 290 g/mol. The quantitative estimate of drug-likeness (QED) is 0.781. The molecule has 2 saturated heterocycles. The number of piperidine rings is 2. The zero-order valence-electron chi connectivity index (χ0n) is 11.7. The first kappa shape index (κ1) is 14.3. The third-order valence-corrected chi connectivity index (χ3v) is 6.26. The number of nitrogen functional groups attached to an aromatic ring is 1. The molecule has 3 N–H and O–H groups in total. The van der Waals surface area contributed by atoms with Crippen molar-refractivity contribution in [2.75, 3.05) is 18.8 Å². The predicted molar refractivity (Wildman–Crippen MR) is 78.9 cm³/mol. The average Bonchev–Trinajstić information content (AvgIpc) is 2.47. The number of nitrogens with two attached hydrogens (primary N) is 1. The summed E-state index contributed by atoms with van der Waals surface area (Å²) >= 11 is 0. The number of para-hydroxylation sites is 1. The fraction of sp³-hybridized carbons (Fsp3) is 0.500. The first-order valence-electron chi connectivity index (χ1n) is 7.12. The smallest absolute Gasteiger partial charge is 0.245 e. The Balaban J connectivity index is 1.82. The molecule has 0 spiro atoms. The second-order valence-electron chi connectivity index (χ2n) is 5.66. The van der Waals surface area contributed by atoms with Crippen molar-refractivity contribution in [3.8, 4) is 0 Å². The van der Waals surface area contributed by atoms with E-state index in [1.54, 1.807) is 24.3 Å². The van der Waals surface area contributed by atoms with Gasteiger partial charge in [-0.2, -0.15) is 4.31 Å². The molecule has 2 unspecified atom stereocenters. The number of rotatable bonds is 2. The largest absolute Gasteiger partial charge is 0.398 e. The highest BCUT2D eigenvalue weighted by atomic mass is 32.2. The van der Waals surface area contributed by atoms with Gasteiger partial charge in [0.1, 0.15) is 4.90 Å². The summed E-state index contributed by atoms with van der Waals surface area (Å²) in [4.78, 5) is 11.6. The maximum atomic E-state index is 12.7. The molecule has 0 saturated carbocycles. The summed E-state index contributed by atoms with van der Waals surface area (Å²) in [6.45, 7) is 0.861. The zero-order chi connectivity index (χ0) is 15.0. The van der Waals surface area contributed by atoms with Crippen LogP contribution in [0.15, 0.2) is 29.2 Å². The molecule has 2 heterocycles. The molecule has 2 aliphatic rings. The number of carbonyl (C=O) groups excluding carboxylic acids is 1. The van der Waals surface area contributed by atoms with Crippen molar-refractivity contribution < 1.29 is 13.2 Å². The Kier molecular flexibility index (Phi) is 3.62. The van der Waals surface area contributed by atoms with Crippen LogP contribution >= 0.6 is 0 Å². The number of carbonyl (C=O) groups is 1. The molecule has 0 aliphatic carbocycles. The van der Waals surface area contributed by atoms with E-state index < -0.39 is 10.0 Å². The van der Waals surface area contributed by atoms with Crippen LogP contribution in [0.5, 0.6) is 0 Å². The minimum absolute atomic E-state index is 0.0693. The summed E-state index contributed by atoms with van der Waals surface area (Å²) in [5, 5.41) is 2.96. The first-order valence-corrected chi connectivity index (χ1v) is 8.56. The Hall–Kier alpha value is -1.60. The van der Waals surface area contributed by atoms with E-state index in [0.29, 0.717) is 25.9 Å². The summed E-state index contributed by atoms with van der Waals surface area (Å²) in [7, 11) is -3.56. The fourth-order valence-electron chi connectivity index (χ4n) is 3.15. The lowest BCUT2D eigenvalue weighted by atomic mass is 9.86. The van der Waals surface area contributed by atoms with Crippen LogP contribution in [-0.4, -0.2) is 37.8 Å². The topological polar surface area (TPSA) is 92.5 Å². The van der Waals surface area contributed by atoms with Gasteiger partial charge in [-0.1, -0.05) is 12.1 Å². The molecule has 7 heteroatoms. The lowest BCUT2D eigenvalue weighted by Gasteiger charge is -2.40. The molecule has 21 heavy (non-hydrogen) atoms. The highest BCUT2D eigenvalue weighted by Gasteiger charge is 2.38. The molecule has 3 rings (SSSR count). The molecule has 0 radical (unpaired) electrons. The van der Waals surface area contributed by atoms with Crippen LogP contribution in [0.1, 0.15) is 19.3 Å². The van der Waals surface area contributed by atoms with Gasteiger partial charge in [0.05, 0.1) is 5.69 Å². The molecule has 1 aromatic rings. The minimum atomic E-state index is -3.56. The van der Waals surface area contributed by atoms with E-state index in [1.165, 1.54) is 4.31 Å². The van der Waals surface area contributed by atoms with Crippen molar-refractivity contribution >= 4 is 21.6 Å². The van der Waals surface area contributed by atoms with Crippen LogP contribution in [0, 0.1) is 5.92 Å². The molecule has 0 aromatic heterocycles. The molecule has 1 aromatic carbocycles. The van der Waals surface area contributed by atoms with Crippen molar-refractivity contribution in [1.82, 2.24) is 9.62 Å². The van der Waals surface area contributed by atoms with Crippen molar-refractivity contribution in [2.24, 2.45) is 5.92 Å². The van der Waals surface area contributed by atoms with Crippen LogP contribution in [-0.2, 0) is 14.8 Å². The van der Waals surface area contributed by atoms with E-state index in [4.69, 9.17) is 5.73 Å². The van der Waals surface area contributed by atoms with E-state index in [9.17, 15) is 13.2 Å². The molecule has 2 fully saturated rings.